The summed E-state index contributed by atoms with van der Waals surface area (Å²) in [6.45, 7) is 4.51. The number of carbonyl (C=O) groups excluding carboxylic acids is 3. The molecule has 3 amide bonds. The van der Waals surface area contributed by atoms with Gasteiger partial charge in [0.2, 0.25) is 5.91 Å². The number of likely N-dealkylation sites (tertiary alicyclic amines) is 1. The fourth-order valence-corrected chi connectivity index (χ4v) is 3.69. The van der Waals surface area contributed by atoms with E-state index in [1.807, 2.05) is 13.8 Å². The van der Waals surface area contributed by atoms with Crippen LogP contribution < -0.4 is 10.6 Å². The van der Waals surface area contributed by atoms with E-state index in [1.54, 1.807) is 53.4 Å². The van der Waals surface area contributed by atoms with Gasteiger partial charge >= 0.3 is 0 Å². The average Bonchev–Trinajstić information content (AvgIpc) is 3.23. The molecule has 2 aromatic carbocycles. The van der Waals surface area contributed by atoms with Gasteiger partial charge in [-0.15, -0.1) is 0 Å². The fraction of sp³-hybridized carbons (Fsp3) is 0.348. The summed E-state index contributed by atoms with van der Waals surface area (Å²) < 4.78 is 0.893. The highest BCUT2D eigenvalue weighted by Gasteiger charge is 2.34. The van der Waals surface area contributed by atoms with Gasteiger partial charge in [-0.25, -0.2) is 0 Å². The molecular formula is C23H26BrN3O3. The molecule has 0 aromatic heterocycles. The van der Waals surface area contributed by atoms with Gasteiger partial charge in [0, 0.05) is 33.9 Å². The van der Waals surface area contributed by atoms with E-state index in [9.17, 15) is 14.4 Å². The zero-order valence-corrected chi connectivity index (χ0v) is 18.7. The van der Waals surface area contributed by atoms with Gasteiger partial charge in [-0.05, 0) is 68.7 Å². The summed E-state index contributed by atoms with van der Waals surface area (Å²) in [4.78, 5) is 39.8. The van der Waals surface area contributed by atoms with Crippen molar-refractivity contribution in [2.75, 3.05) is 11.9 Å². The molecule has 0 bridgehead atoms. The minimum Gasteiger partial charge on any atom is -0.352 e. The SMILES string of the molecule is CCC(C)NC(=O)C1CCCN1C(=O)c1cccc(NC(=O)c2ccc(Br)cc2)c1. The van der Waals surface area contributed by atoms with E-state index in [-0.39, 0.29) is 23.8 Å². The number of halogens is 1. The van der Waals surface area contributed by atoms with E-state index in [2.05, 4.69) is 26.6 Å². The summed E-state index contributed by atoms with van der Waals surface area (Å²) in [6.07, 6.45) is 2.30. The van der Waals surface area contributed by atoms with Crippen LogP contribution >= 0.6 is 15.9 Å². The summed E-state index contributed by atoms with van der Waals surface area (Å²) in [5, 5.41) is 5.80. The first-order chi connectivity index (χ1) is 14.4. The normalized spacial score (nSPS) is 16.8. The number of anilines is 1. The summed E-state index contributed by atoms with van der Waals surface area (Å²) in [7, 11) is 0. The van der Waals surface area contributed by atoms with E-state index in [4.69, 9.17) is 0 Å². The maximum atomic E-state index is 13.1. The van der Waals surface area contributed by atoms with Gasteiger partial charge in [0.15, 0.2) is 0 Å². The van der Waals surface area contributed by atoms with Crippen LogP contribution in [0.1, 0.15) is 53.8 Å². The van der Waals surface area contributed by atoms with Crippen molar-refractivity contribution in [3.05, 3.63) is 64.1 Å². The molecular weight excluding hydrogens is 446 g/mol. The molecule has 1 aliphatic rings. The molecule has 3 rings (SSSR count). The number of amides is 3. The number of nitrogens with one attached hydrogen (secondary N) is 2. The van der Waals surface area contributed by atoms with Gasteiger partial charge in [-0.3, -0.25) is 14.4 Å². The Balaban J connectivity index is 1.71. The standard InChI is InChI=1S/C23H26BrN3O3/c1-3-15(2)25-22(29)20-8-5-13-27(20)23(30)17-6-4-7-19(14-17)26-21(28)16-9-11-18(24)12-10-16/h4,6-7,9-12,14-15,20H,3,5,8,13H2,1-2H3,(H,25,29)(H,26,28). The largest absolute Gasteiger partial charge is 0.352 e. The van der Waals surface area contributed by atoms with Crippen LogP contribution in [0.15, 0.2) is 53.0 Å². The van der Waals surface area contributed by atoms with E-state index < -0.39 is 6.04 Å². The zero-order valence-electron chi connectivity index (χ0n) is 17.2. The molecule has 0 spiro atoms. The van der Waals surface area contributed by atoms with Crippen LogP contribution in [0.5, 0.6) is 0 Å². The van der Waals surface area contributed by atoms with Crippen LogP contribution in [0.25, 0.3) is 0 Å². The van der Waals surface area contributed by atoms with Gasteiger partial charge in [0.05, 0.1) is 0 Å². The summed E-state index contributed by atoms with van der Waals surface area (Å²) in [5.74, 6) is -0.550. The molecule has 6 nitrogen and oxygen atoms in total. The lowest BCUT2D eigenvalue weighted by Crippen LogP contribution is -2.48. The highest BCUT2D eigenvalue weighted by molar-refractivity contribution is 9.10. The van der Waals surface area contributed by atoms with Crippen LogP contribution in [-0.4, -0.2) is 41.2 Å². The second-order valence-electron chi connectivity index (χ2n) is 7.52. The molecule has 0 saturated carbocycles. The maximum Gasteiger partial charge on any atom is 0.255 e. The maximum absolute atomic E-state index is 13.1. The Hall–Kier alpha value is -2.67. The third kappa shape index (κ3) is 5.27. The molecule has 1 aliphatic heterocycles. The summed E-state index contributed by atoms with van der Waals surface area (Å²) >= 11 is 3.35. The lowest BCUT2D eigenvalue weighted by Gasteiger charge is -2.25. The first-order valence-electron chi connectivity index (χ1n) is 10.2. The highest BCUT2D eigenvalue weighted by Crippen LogP contribution is 2.22. The monoisotopic (exact) mass is 471 g/mol. The molecule has 1 saturated heterocycles. The van der Waals surface area contributed by atoms with Crippen molar-refractivity contribution < 1.29 is 14.4 Å². The quantitative estimate of drug-likeness (QED) is 0.661. The Bertz CT molecular complexity index is 930. The molecule has 0 aliphatic carbocycles. The first kappa shape index (κ1) is 22.0. The predicted molar refractivity (Wildman–Crippen MR) is 120 cm³/mol. The van der Waals surface area contributed by atoms with Crippen molar-refractivity contribution in [3.8, 4) is 0 Å². The Morgan fingerprint density at radius 2 is 1.87 bits per heavy atom. The molecule has 7 heteroatoms. The van der Waals surface area contributed by atoms with Crippen LogP contribution in [0.2, 0.25) is 0 Å². The molecule has 2 aromatic rings. The third-order valence-corrected chi connectivity index (χ3v) is 5.82. The smallest absolute Gasteiger partial charge is 0.255 e. The van der Waals surface area contributed by atoms with Crippen LogP contribution in [0.4, 0.5) is 5.69 Å². The second kappa shape index (κ2) is 9.89. The Morgan fingerprint density at radius 1 is 1.13 bits per heavy atom. The Labute approximate surface area is 185 Å². The number of hydrogen-bond donors (Lipinski definition) is 2. The van der Waals surface area contributed by atoms with Crippen molar-refractivity contribution in [3.63, 3.8) is 0 Å². The molecule has 1 fully saturated rings. The number of carbonyl (C=O) groups is 3. The van der Waals surface area contributed by atoms with Gasteiger partial charge in [0.1, 0.15) is 6.04 Å². The Kier molecular flexibility index (Phi) is 7.26. The molecule has 1 heterocycles. The summed E-state index contributed by atoms with van der Waals surface area (Å²) in [6, 6.07) is 13.5. The van der Waals surface area contributed by atoms with Gasteiger partial charge in [-0.1, -0.05) is 28.9 Å². The van der Waals surface area contributed by atoms with E-state index in [1.165, 1.54) is 0 Å². The first-order valence-corrected chi connectivity index (χ1v) is 11.0. The van der Waals surface area contributed by atoms with Crippen molar-refractivity contribution in [1.29, 1.82) is 0 Å². The van der Waals surface area contributed by atoms with E-state index in [0.717, 1.165) is 17.3 Å². The number of benzene rings is 2. The van der Waals surface area contributed by atoms with Gasteiger partial charge in [0.25, 0.3) is 11.8 Å². The van der Waals surface area contributed by atoms with Crippen LogP contribution in [0, 0.1) is 0 Å². The highest BCUT2D eigenvalue weighted by atomic mass is 79.9. The minimum absolute atomic E-state index is 0.0761. The third-order valence-electron chi connectivity index (χ3n) is 5.29. The molecule has 2 unspecified atom stereocenters. The number of hydrogen-bond acceptors (Lipinski definition) is 3. The van der Waals surface area contributed by atoms with Crippen LogP contribution in [0.3, 0.4) is 0 Å². The van der Waals surface area contributed by atoms with Crippen LogP contribution in [-0.2, 0) is 4.79 Å². The minimum atomic E-state index is -0.451. The topological polar surface area (TPSA) is 78.5 Å². The Morgan fingerprint density at radius 3 is 2.57 bits per heavy atom. The van der Waals surface area contributed by atoms with Gasteiger partial charge in [-0.2, -0.15) is 0 Å². The average molecular weight is 472 g/mol. The fourth-order valence-electron chi connectivity index (χ4n) is 3.42. The lowest BCUT2D eigenvalue weighted by atomic mass is 10.1. The molecule has 30 heavy (non-hydrogen) atoms. The molecule has 2 atom stereocenters. The molecule has 158 valence electrons. The predicted octanol–water partition coefficient (Wildman–Crippen LogP) is 4.22. The van der Waals surface area contributed by atoms with Gasteiger partial charge < -0.3 is 15.5 Å². The summed E-state index contributed by atoms with van der Waals surface area (Å²) in [5.41, 5.74) is 1.51. The van der Waals surface area contributed by atoms with Crippen molar-refractivity contribution in [2.45, 2.75) is 45.2 Å². The lowest BCUT2D eigenvalue weighted by molar-refractivity contribution is -0.125. The molecule has 0 radical (unpaired) electrons. The van der Waals surface area contributed by atoms with E-state index >= 15 is 0 Å². The zero-order chi connectivity index (χ0) is 21.7. The van der Waals surface area contributed by atoms with E-state index in [0.29, 0.717) is 29.8 Å². The molecule has 2 N–H and O–H groups in total. The number of rotatable bonds is 6. The van der Waals surface area contributed by atoms with Crippen molar-refractivity contribution in [2.24, 2.45) is 0 Å². The second-order valence-corrected chi connectivity index (χ2v) is 8.43. The van der Waals surface area contributed by atoms with Crippen molar-refractivity contribution in [1.82, 2.24) is 10.2 Å². The van der Waals surface area contributed by atoms with Crippen molar-refractivity contribution >= 4 is 39.3 Å². The number of nitrogens with zero attached hydrogens (tertiary/aromatic N) is 1.